The lowest BCUT2D eigenvalue weighted by Crippen LogP contribution is -2.36. The van der Waals surface area contributed by atoms with Crippen LogP contribution in [0.3, 0.4) is 0 Å². The quantitative estimate of drug-likeness (QED) is 0.814. The molecule has 0 aromatic heterocycles. The van der Waals surface area contributed by atoms with E-state index in [1.54, 1.807) is 24.3 Å². The van der Waals surface area contributed by atoms with Crippen LogP contribution >= 0.6 is 0 Å². The molecule has 0 saturated heterocycles. The molecule has 25 heavy (non-hydrogen) atoms. The maximum absolute atomic E-state index is 12.0. The smallest absolute Gasteiger partial charge is 0.251 e. The van der Waals surface area contributed by atoms with Gasteiger partial charge in [-0.1, -0.05) is 24.3 Å². The lowest BCUT2D eigenvalue weighted by molar-refractivity contribution is -0.120. The average molecular weight is 340 g/mol. The average Bonchev–Trinajstić information content (AvgIpc) is 2.62. The van der Waals surface area contributed by atoms with Crippen LogP contribution in [0.5, 0.6) is 5.75 Å². The van der Waals surface area contributed by atoms with Crippen molar-refractivity contribution in [2.45, 2.75) is 27.3 Å². The Hall–Kier alpha value is -2.82. The zero-order valence-electron chi connectivity index (χ0n) is 14.9. The summed E-state index contributed by atoms with van der Waals surface area (Å²) in [6, 6.07) is 12.8. The molecule has 2 N–H and O–H groups in total. The molecule has 0 fully saturated rings. The highest BCUT2D eigenvalue weighted by Gasteiger charge is 2.09. The lowest BCUT2D eigenvalue weighted by atomic mass is 10.0. The Bertz CT molecular complexity index is 742. The monoisotopic (exact) mass is 340 g/mol. The maximum Gasteiger partial charge on any atom is 0.251 e. The molecule has 0 saturated carbocycles. The number of carbonyl (C=O) groups is 2. The third-order valence-corrected chi connectivity index (χ3v) is 3.85. The second-order valence-corrected chi connectivity index (χ2v) is 5.80. The summed E-state index contributed by atoms with van der Waals surface area (Å²) in [6.45, 7) is 6.91. The summed E-state index contributed by atoms with van der Waals surface area (Å²) in [7, 11) is 0. The van der Waals surface area contributed by atoms with Gasteiger partial charge in [-0.05, 0) is 55.7 Å². The summed E-state index contributed by atoms with van der Waals surface area (Å²) >= 11 is 0. The Morgan fingerprint density at radius 3 is 2.40 bits per heavy atom. The first-order chi connectivity index (χ1) is 12.0. The van der Waals surface area contributed by atoms with E-state index in [4.69, 9.17) is 4.74 Å². The van der Waals surface area contributed by atoms with Gasteiger partial charge >= 0.3 is 0 Å². The summed E-state index contributed by atoms with van der Waals surface area (Å²) in [5.74, 6) is 0.379. The Morgan fingerprint density at radius 2 is 1.72 bits per heavy atom. The standard InChI is InChI=1S/C20H24N2O3/c1-4-25-18-11-14(2)17(10-15(18)3)12-21-19(23)13-22-20(24)16-8-6-5-7-9-16/h5-11H,4,12-13H2,1-3H3,(H,21,23)(H,22,24). The molecule has 2 aromatic carbocycles. The summed E-state index contributed by atoms with van der Waals surface area (Å²) < 4.78 is 5.57. The topological polar surface area (TPSA) is 67.4 Å². The van der Waals surface area contributed by atoms with E-state index < -0.39 is 0 Å². The van der Waals surface area contributed by atoms with Gasteiger partial charge in [-0.25, -0.2) is 0 Å². The second-order valence-electron chi connectivity index (χ2n) is 5.80. The highest BCUT2D eigenvalue weighted by atomic mass is 16.5. The van der Waals surface area contributed by atoms with Crippen molar-refractivity contribution in [2.24, 2.45) is 0 Å². The maximum atomic E-state index is 12.0. The van der Waals surface area contributed by atoms with Gasteiger partial charge in [0.2, 0.25) is 5.91 Å². The van der Waals surface area contributed by atoms with Crippen LogP contribution in [0.1, 0.15) is 34.0 Å². The van der Waals surface area contributed by atoms with Crippen molar-refractivity contribution in [3.05, 3.63) is 64.7 Å². The van der Waals surface area contributed by atoms with Crippen LogP contribution in [-0.4, -0.2) is 25.0 Å². The minimum Gasteiger partial charge on any atom is -0.494 e. The van der Waals surface area contributed by atoms with Crippen LogP contribution < -0.4 is 15.4 Å². The second kappa shape index (κ2) is 8.87. The molecule has 2 aromatic rings. The molecule has 0 bridgehead atoms. The largest absolute Gasteiger partial charge is 0.494 e. The molecule has 5 nitrogen and oxygen atoms in total. The Balaban J connectivity index is 1.86. The molecule has 2 amide bonds. The van der Waals surface area contributed by atoms with Crippen LogP contribution in [0.25, 0.3) is 0 Å². The van der Waals surface area contributed by atoms with Crippen LogP contribution in [0.2, 0.25) is 0 Å². The number of carbonyl (C=O) groups excluding carboxylic acids is 2. The molecule has 0 radical (unpaired) electrons. The molecule has 2 rings (SSSR count). The fourth-order valence-corrected chi connectivity index (χ4v) is 2.46. The van der Waals surface area contributed by atoms with Crippen molar-refractivity contribution in [1.29, 1.82) is 0 Å². The highest BCUT2D eigenvalue weighted by Crippen LogP contribution is 2.22. The van der Waals surface area contributed by atoms with E-state index in [2.05, 4.69) is 10.6 Å². The number of amides is 2. The first kappa shape index (κ1) is 18.5. The molecular weight excluding hydrogens is 316 g/mol. The predicted octanol–water partition coefficient (Wildman–Crippen LogP) is 2.75. The first-order valence-electron chi connectivity index (χ1n) is 8.34. The Kier molecular flexibility index (Phi) is 6.57. The zero-order valence-corrected chi connectivity index (χ0v) is 14.9. The molecule has 0 aliphatic heterocycles. The van der Waals surface area contributed by atoms with E-state index in [0.717, 1.165) is 22.4 Å². The molecular formula is C20H24N2O3. The van der Waals surface area contributed by atoms with Crippen molar-refractivity contribution in [3.8, 4) is 5.75 Å². The first-order valence-corrected chi connectivity index (χ1v) is 8.34. The van der Waals surface area contributed by atoms with Gasteiger partial charge < -0.3 is 15.4 Å². The van der Waals surface area contributed by atoms with Gasteiger partial charge in [0.1, 0.15) is 5.75 Å². The molecule has 0 unspecified atom stereocenters. The van der Waals surface area contributed by atoms with Crippen LogP contribution in [-0.2, 0) is 11.3 Å². The summed E-state index contributed by atoms with van der Waals surface area (Å²) in [6.07, 6.45) is 0. The van der Waals surface area contributed by atoms with E-state index in [9.17, 15) is 9.59 Å². The minimum absolute atomic E-state index is 0.0528. The third-order valence-electron chi connectivity index (χ3n) is 3.85. The normalized spacial score (nSPS) is 10.2. The van der Waals surface area contributed by atoms with Gasteiger partial charge in [0.15, 0.2) is 0 Å². The van der Waals surface area contributed by atoms with Crippen molar-refractivity contribution in [3.63, 3.8) is 0 Å². The number of nitrogens with one attached hydrogen (secondary N) is 2. The molecule has 0 spiro atoms. The third kappa shape index (κ3) is 5.35. The number of hydrogen-bond acceptors (Lipinski definition) is 3. The summed E-state index contributed by atoms with van der Waals surface area (Å²) in [5, 5.41) is 5.45. The van der Waals surface area contributed by atoms with E-state index in [0.29, 0.717) is 18.7 Å². The number of hydrogen-bond donors (Lipinski definition) is 2. The van der Waals surface area contributed by atoms with Crippen LogP contribution in [0.4, 0.5) is 0 Å². The van der Waals surface area contributed by atoms with Crippen molar-refractivity contribution in [2.75, 3.05) is 13.2 Å². The molecule has 0 aliphatic carbocycles. The number of benzene rings is 2. The van der Waals surface area contributed by atoms with Gasteiger partial charge in [0.05, 0.1) is 13.2 Å². The lowest BCUT2D eigenvalue weighted by Gasteiger charge is -2.13. The van der Waals surface area contributed by atoms with Crippen LogP contribution in [0.15, 0.2) is 42.5 Å². The van der Waals surface area contributed by atoms with Gasteiger partial charge in [0.25, 0.3) is 5.91 Å². The molecule has 5 heteroatoms. The fourth-order valence-electron chi connectivity index (χ4n) is 2.46. The van der Waals surface area contributed by atoms with Gasteiger partial charge in [0, 0.05) is 12.1 Å². The van der Waals surface area contributed by atoms with Gasteiger partial charge in [-0.3, -0.25) is 9.59 Å². The molecule has 0 atom stereocenters. The van der Waals surface area contributed by atoms with Crippen molar-refractivity contribution in [1.82, 2.24) is 10.6 Å². The molecule has 132 valence electrons. The SMILES string of the molecule is CCOc1cc(C)c(CNC(=O)CNC(=O)c2ccccc2)cc1C. The Labute approximate surface area is 148 Å². The number of ether oxygens (including phenoxy) is 1. The van der Waals surface area contributed by atoms with E-state index >= 15 is 0 Å². The molecule has 0 heterocycles. The predicted molar refractivity (Wildman–Crippen MR) is 97.7 cm³/mol. The van der Waals surface area contributed by atoms with Crippen LogP contribution in [0, 0.1) is 13.8 Å². The minimum atomic E-state index is -0.260. The zero-order chi connectivity index (χ0) is 18.2. The number of aryl methyl sites for hydroxylation is 2. The summed E-state index contributed by atoms with van der Waals surface area (Å²) in [4.78, 5) is 23.9. The van der Waals surface area contributed by atoms with Gasteiger partial charge in [-0.2, -0.15) is 0 Å². The van der Waals surface area contributed by atoms with E-state index in [-0.39, 0.29) is 18.4 Å². The molecule has 0 aliphatic rings. The van der Waals surface area contributed by atoms with Gasteiger partial charge in [-0.15, -0.1) is 0 Å². The number of rotatable bonds is 7. The fraction of sp³-hybridized carbons (Fsp3) is 0.300. The summed E-state index contributed by atoms with van der Waals surface area (Å²) in [5.41, 5.74) is 3.66. The van der Waals surface area contributed by atoms with Crippen molar-refractivity contribution < 1.29 is 14.3 Å². The van der Waals surface area contributed by atoms with E-state index in [1.807, 2.05) is 39.0 Å². The highest BCUT2D eigenvalue weighted by molar-refractivity contribution is 5.96. The Morgan fingerprint density at radius 1 is 1.00 bits per heavy atom. The van der Waals surface area contributed by atoms with Crippen molar-refractivity contribution >= 4 is 11.8 Å². The van der Waals surface area contributed by atoms with E-state index in [1.165, 1.54) is 0 Å².